The van der Waals surface area contributed by atoms with Gasteiger partial charge in [0, 0.05) is 6.54 Å². The van der Waals surface area contributed by atoms with Crippen molar-refractivity contribution in [2.75, 3.05) is 6.61 Å². The summed E-state index contributed by atoms with van der Waals surface area (Å²) < 4.78 is 67.9. The number of aromatic nitrogens is 1. The van der Waals surface area contributed by atoms with Crippen molar-refractivity contribution in [3.05, 3.63) is 28.6 Å². The van der Waals surface area contributed by atoms with Crippen LogP contribution in [0.25, 0.3) is 0 Å². The van der Waals surface area contributed by atoms with Gasteiger partial charge in [-0.25, -0.2) is 18.6 Å². The van der Waals surface area contributed by atoms with E-state index in [9.17, 15) is 26.7 Å². The summed E-state index contributed by atoms with van der Waals surface area (Å²) in [4.78, 5) is 14.4. The van der Waals surface area contributed by atoms with E-state index >= 15 is 0 Å². The van der Waals surface area contributed by atoms with E-state index in [-0.39, 0.29) is 12.2 Å². The first-order valence-electron chi connectivity index (χ1n) is 5.48. The van der Waals surface area contributed by atoms with Crippen LogP contribution in [0.3, 0.4) is 0 Å². The minimum absolute atomic E-state index is 0.119. The maximum Gasteiger partial charge on any atom is 0.433 e. The molecule has 1 heterocycles. The molecule has 0 aliphatic heterocycles. The molecule has 1 rings (SSSR count). The zero-order valence-electron chi connectivity index (χ0n) is 10.3. The third-order valence-corrected chi connectivity index (χ3v) is 2.33. The molecule has 0 bridgehead atoms. The fourth-order valence-electron chi connectivity index (χ4n) is 1.52. The molecule has 1 aromatic heterocycles. The fraction of sp³-hybridized carbons (Fsp3) is 0.455. The highest BCUT2D eigenvalue weighted by atomic mass is 19.4. The van der Waals surface area contributed by atoms with Crippen LogP contribution in [0.5, 0.6) is 0 Å². The van der Waals surface area contributed by atoms with Crippen LogP contribution < -0.4 is 5.73 Å². The first kappa shape index (κ1) is 16.3. The Morgan fingerprint density at radius 3 is 2.45 bits per heavy atom. The molecular weight excluding hydrogens is 287 g/mol. The van der Waals surface area contributed by atoms with E-state index < -0.39 is 42.1 Å². The molecule has 1 aromatic rings. The number of hydrogen-bond donors (Lipinski definition) is 1. The zero-order chi connectivity index (χ0) is 15.5. The summed E-state index contributed by atoms with van der Waals surface area (Å²) in [6.45, 7) is 0.783. The van der Waals surface area contributed by atoms with E-state index in [0.29, 0.717) is 6.07 Å². The van der Waals surface area contributed by atoms with Gasteiger partial charge in [0.1, 0.15) is 11.4 Å². The minimum Gasteiger partial charge on any atom is -0.462 e. The number of pyridine rings is 1. The van der Waals surface area contributed by atoms with Crippen LogP contribution in [0.2, 0.25) is 0 Å². The van der Waals surface area contributed by atoms with E-state index in [1.807, 2.05) is 0 Å². The van der Waals surface area contributed by atoms with Gasteiger partial charge in [0.05, 0.1) is 12.2 Å². The number of carbonyl (C=O) groups excluding carboxylic acids is 1. The van der Waals surface area contributed by atoms with Gasteiger partial charge in [-0.05, 0) is 18.6 Å². The Hall–Kier alpha value is -1.77. The molecule has 0 spiro atoms. The van der Waals surface area contributed by atoms with Crippen molar-refractivity contribution < 1.29 is 31.5 Å². The molecule has 0 aliphatic rings. The van der Waals surface area contributed by atoms with Gasteiger partial charge in [-0.1, -0.05) is 0 Å². The Morgan fingerprint density at radius 1 is 1.45 bits per heavy atom. The standard InChI is InChI=1S/C11H11F5N2O2/c1-2-20-10(19)7-5(4-17)3-6(11(14,15)16)18-8(7)9(12)13/h3,9H,2,4,17H2,1H3. The molecule has 112 valence electrons. The monoisotopic (exact) mass is 298 g/mol. The van der Waals surface area contributed by atoms with Crippen LogP contribution in [-0.4, -0.2) is 17.6 Å². The lowest BCUT2D eigenvalue weighted by molar-refractivity contribution is -0.141. The summed E-state index contributed by atoms with van der Waals surface area (Å²) in [5, 5.41) is 0. The highest BCUT2D eigenvalue weighted by Crippen LogP contribution is 2.33. The number of ether oxygens (including phenoxy) is 1. The van der Waals surface area contributed by atoms with Crippen molar-refractivity contribution >= 4 is 5.97 Å². The Bertz CT molecular complexity index is 502. The molecule has 0 aromatic carbocycles. The summed E-state index contributed by atoms with van der Waals surface area (Å²) >= 11 is 0. The molecule has 0 fully saturated rings. The largest absolute Gasteiger partial charge is 0.462 e. The number of rotatable bonds is 4. The molecular formula is C11H11F5N2O2. The predicted molar refractivity (Wildman–Crippen MR) is 58.0 cm³/mol. The summed E-state index contributed by atoms with van der Waals surface area (Å²) in [6, 6.07) is 0.470. The van der Waals surface area contributed by atoms with Gasteiger partial charge >= 0.3 is 12.1 Å². The van der Waals surface area contributed by atoms with Gasteiger partial charge in [-0.2, -0.15) is 13.2 Å². The molecule has 0 amide bonds. The zero-order valence-corrected chi connectivity index (χ0v) is 10.3. The van der Waals surface area contributed by atoms with Gasteiger partial charge < -0.3 is 10.5 Å². The predicted octanol–water partition coefficient (Wildman–Crippen LogP) is 2.67. The van der Waals surface area contributed by atoms with Gasteiger partial charge in [0.15, 0.2) is 0 Å². The Balaban J connectivity index is 3.53. The number of nitrogens with zero attached hydrogens (tertiary/aromatic N) is 1. The van der Waals surface area contributed by atoms with E-state index in [0.717, 1.165) is 0 Å². The van der Waals surface area contributed by atoms with Gasteiger partial charge in [0.25, 0.3) is 6.43 Å². The van der Waals surface area contributed by atoms with Crippen LogP contribution in [0, 0.1) is 0 Å². The number of halogens is 5. The highest BCUT2D eigenvalue weighted by molar-refractivity contribution is 5.92. The number of alkyl halides is 5. The second-order valence-corrected chi connectivity index (χ2v) is 3.65. The molecule has 0 radical (unpaired) electrons. The average molecular weight is 298 g/mol. The summed E-state index contributed by atoms with van der Waals surface area (Å²) in [5.41, 5.74) is 1.31. The van der Waals surface area contributed by atoms with Crippen molar-refractivity contribution in [3.63, 3.8) is 0 Å². The highest BCUT2D eigenvalue weighted by Gasteiger charge is 2.36. The van der Waals surface area contributed by atoms with Crippen molar-refractivity contribution in [1.29, 1.82) is 0 Å². The Labute approximate surface area is 110 Å². The van der Waals surface area contributed by atoms with Crippen LogP contribution >= 0.6 is 0 Å². The smallest absolute Gasteiger partial charge is 0.433 e. The first-order chi connectivity index (χ1) is 9.22. The fourth-order valence-corrected chi connectivity index (χ4v) is 1.52. The second-order valence-electron chi connectivity index (χ2n) is 3.65. The summed E-state index contributed by atoms with van der Waals surface area (Å²) in [5.74, 6) is -1.18. The van der Waals surface area contributed by atoms with Gasteiger partial charge in [-0.15, -0.1) is 0 Å². The lowest BCUT2D eigenvalue weighted by Gasteiger charge is -2.15. The topological polar surface area (TPSA) is 65.2 Å². The van der Waals surface area contributed by atoms with E-state index in [2.05, 4.69) is 9.72 Å². The van der Waals surface area contributed by atoms with E-state index in [1.54, 1.807) is 0 Å². The molecule has 0 aliphatic carbocycles. The summed E-state index contributed by atoms with van der Waals surface area (Å²) in [6.07, 6.45) is -8.28. The normalized spacial score (nSPS) is 11.8. The van der Waals surface area contributed by atoms with Gasteiger partial charge in [-0.3, -0.25) is 0 Å². The van der Waals surface area contributed by atoms with Crippen molar-refractivity contribution in [2.24, 2.45) is 5.73 Å². The number of carbonyl (C=O) groups is 1. The molecule has 0 saturated carbocycles. The van der Waals surface area contributed by atoms with Crippen molar-refractivity contribution in [2.45, 2.75) is 26.1 Å². The first-order valence-corrected chi connectivity index (χ1v) is 5.48. The Kier molecular flexibility index (Phi) is 4.98. The van der Waals surface area contributed by atoms with E-state index in [1.165, 1.54) is 6.92 Å². The quantitative estimate of drug-likeness (QED) is 0.685. The van der Waals surface area contributed by atoms with Crippen LogP contribution in [0.4, 0.5) is 22.0 Å². The number of esters is 1. The Morgan fingerprint density at radius 2 is 2.05 bits per heavy atom. The third-order valence-electron chi connectivity index (χ3n) is 2.33. The van der Waals surface area contributed by atoms with Crippen molar-refractivity contribution in [3.8, 4) is 0 Å². The molecule has 0 atom stereocenters. The number of nitrogens with two attached hydrogens (primary N) is 1. The van der Waals surface area contributed by atoms with Crippen LogP contribution in [0.1, 0.15) is 40.7 Å². The molecule has 20 heavy (non-hydrogen) atoms. The lowest BCUT2D eigenvalue weighted by Crippen LogP contribution is -2.19. The number of hydrogen-bond acceptors (Lipinski definition) is 4. The molecule has 0 unspecified atom stereocenters. The second kappa shape index (κ2) is 6.12. The maximum absolute atomic E-state index is 12.8. The van der Waals surface area contributed by atoms with Crippen LogP contribution in [0.15, 0.2) is 6.07 Å². The minimum atomic E-state index is -4.92. The lowest BCUT2D eigenvalue weighted by atomic mass is 10.0. The average Bonchev–Trinajstić information content (AvgIpc) is 2.36. The summed E-state index contributed by atoms with van der Waals surface area (Å²) in [7, 11) is 0. The SMILES string of the molecule is CCOC(=O)c1c(CN)cc(C(F)(F)F)nc1C(F)F. The van der Waals surface area contributed by atoms with Crippen molar-refractivity contribution in [1.82, 2.24) is 4.98 Å². The van der Waals surface area contributed by atoms with Crippen LogP contribution in [-0.2, 0) is 17.5 Å². The molecule has 0 saturated heterocycles. The van der Waals surface area contributed by atoms with E-state index in [4.69, 9.17) is 5.73 Å². The molecule has 4 nitrogen and oxygen atoms in total. The maximum atomic E-state index is 12.8. The van der Waals surface area contributed by atoms with Gasteiger partial charge in [0.2, 0.25) is 0 Å². The third kappa shape index (κ3) is 3.41. The molecule has 2 N–H and O–H groups in total. The molecule has 9 heteroatoms.